The van der Waals surface area contributed by atoms with Crippen LogP contribution in [0.2, 0.25) is 0 Å². The first-order chi connectivity index (χ1) is 14.4. The third-order valence-electron chi connectivity index (χ3n) is 4.74. The molecule has 2 aromatic rings. The van der Waals surface area contributed by atoms with Crippen molar-refractivity contribution in [1.29, 1.82) is 0 Å². The Kier molecular flexibility index (Phi) is 7.20. The summed E-state index contributed by atoms with van der Waals surface area (Å²) in [5, 5.41) is 2.84. The molecule has 0 bridgehead atoms. The lowest BCUT2D eigenvalue weighted by atomic mass is 10.1. The van der Waals surface area contributed by atoms with Crippen LogP contribution < -0.4 is 19.5 Å². The van der Waals surface area contributed by atoms with Crippen molar-refractivity contribution in [1.82, 2.24) is 5.32 Å². The molecule has 0 radical (unpaired) electrons. The van der Waals surface area contributed by atoms with Crippen molar-refractivity contribution in [2.45, 2.75) is 37.6 Å². The molecule has 1 amide bonds. The van der Waals surface area contributed by atoms with Gasteiger partial charge in [-0.3, -0.25) is 4.79 Å². The summed E-state index contributed by atoms with van der Waals surface area (Å²) in [6, 6.07) is 11.8. The van der Waals surface area contributed by atoms with Crippen molar-refractivity contribution in [3.8, 4) is 17.2 Å². The van der Waals surface area contributed by atoms with Gasteiger partial charge in [-0.25, -0.2) is 8.42 Å². The van der Waals surface area contributed by atoms with Gasteiger partial charge in [0.05, 0.1) is 36.5 Å². The highest BCUT2D eigenvalue weighted by molar-refractivity contribution is 7.91. The third kappa shape index (κ3) is 5.66. The number of fused-ring (bicyclic) bond motifs is 1. The van der Waals surface area contributed by atoms with Crippen LogP contribution in [0.5, 0.6) is 17.2 Å². The first-order valence-electron chi connectivity index (χ1n) is 10.0. The highest BCUT2D eigenvalue weighted by Gasteiger charge is 2.21. The van der Waals surface area contributed by atoms with Gasteiger partial charge >= 0.3 is 0 Å². The van der Waals surface area contributed by atoms with Crippen LogP contribution in [-0.2, 0) is 14.6 Å². The monoisotopic (exact) mass is 433 g/mol. The summed E-state index contributed by atoms with van der Waals surface area (Å²) in [5.74, 6) is 1.11. The van der Waals surface area contributed by atoms with E-state index in [0.29, 0.717) is 31.3 Å². The SMILES string of the molecule is CCOc1ccc(C(C)NC(=O)CCS(=O)(=O)c2ccc3c(c2)OCCCO3)cc1. The number of amides is 1. The van der Waals surface area contributed by atoms with Crippen LogP contribution in [0.4, 0.5) is 0 Å². The van der Waals surface area contributed by atoms with Gasteiger partial charge in [-0.15, -0.1) is 0 Å². The first kappa shape index (κ1) is 22.0. The maximum absolute atomic E-state index is 12.7. The quantitative estimate of drug-likeness (QED) is 0.687. The second kappa shape index (κ2) is 9.84. The van der Waals surface area contributed by atoms with Crippen LogP contribution in [0.1, 0.15) is 38.3 Å². The summed E-state index contributed by atoms with van der Waals surface area (Å²) >= 11 is 0. The van der Waals surface area contributed by atoms with Crippen LogP contribution in [0.3, 0.4) is 0 Å². The molecule has 1 atom stereocenters. The van der Waals surface area contributed by atoms with Gasteiger partial charge in [-0.2, -0.15) is 0 Å². The maximum atomic E-state index is 12.7. The van der Waals surface area contributed by atoms with Gasteiger partial charge in [0.1, 0.15) is 5.75 Å². The first-order valence-corrected chi connectivity index (χ1v) is 11.7. The molecule has 0 spiro atoms. The van der Waals surface area contributed by atoms with E-state index in [1.54, 1.807) is 6.07 Å². The number of sulfone groups is 1. The van der Waals surface area contributed by atoms with Crippen molar-refractivity contribution in [2.24, 2.45) is 0 Å². The molecule has 162 valence electrons. The third-order valence-corrected chi connectivity index (χ3v) is 6.46. The molecule has 0 aliphatic carbocycles. The summed E-state index contributed by atoms with van der Waals surface area (Å²) in [5.41, 5.74) is 0.914. The van der Waals surface area contributed by atoms with E-state index in [0.717, 1.165) is 17.7 Å². The van der Waals surface area contributed by atoms with Gasteiger partial charge in [0, 0.05) is 18.9 Å². The van der Waals surface area contributed by atoms with Crippen molar-refractivity contribution in [3.63, 3.8) is 0 Å². The molecule has 1 aliphatic rings. The predicted molar refractivity (Wildman–Crippen MR) is 113 cm³/mol. The predicted octanol–water partition coefficient (Wildman–Crippen LogP) is 3.29. The molecule has 1 unspecified atom stereocenters. The minimum atomic E-state index is -3.63. The van der Waals surface area contributed by atoms with E-state index in [4.69, 9.17) is 14.2 Å². The molecule has 3 rings (SSSR count). The highest BCUT2D eigenvalue weighted by atomic mass is 32.2. The Hall–Kier alpha value is -2.74. The summed E-state index contributed by atoms with van der Waals surface area (Å²) in [6.07, 6.45) is 0.613. The van der Waals surface area contributed by atoms with E-state index in [1.807, 2.05) is 38.1 Å². The fraction of sp³-hybridized carbons (Fsp3) is 0.409. The number of hydrogen-bond acceptors (Lipinski definition) is 6. The standard InChI is InChI=1S/C22H27NO6S/c1-3-27-18-7-5-17(6-8-18)16(2)23-22(24)11-14-30(25,26)19-9-10-20-21(15-19)29-13-4-12-28-20/h5-10,15-16H,3-4,11-14H2,1-2H3,(H,23,24). The average Bonchev–Trinajstić information content (AvgIpc) is 2.98. The average molecular weight is 434 g/mol. The van der Waals surface area contributed by atoms with Crippen LogP contribution in [0, 0.1) is 0 Å². The lowest BCUT2D eigenvalue weighted by molar-refractivity contribution is -0.121. The van der Waals surface area contributed by atoms with Gasteiger partial charge < -0.3 is 19.5 Å². The summed E-state index contributed by atoms with van der Waals surface area (Å²) in [6.45, 7) is 5.36. The lowest BCUT2D eigenvalue weighted by Crippen LogP contribution is -2.28. The van der Waals surface area contributed by atoms with Crippen molar-refractivity contribution in [3.05, 3.63) is 48.0 Å². The van der Waals surface area contributed by atoms with Crippen LogP contribution in [0.15, 0.2) is 47.4 Å². The normalized spacial score (nSPS) is 14.5. The fourth-order valence-electron chi connectivity index (χ4n) is 3.10. The largest absolute Gasteiger partial charge is 0.494 e. The number of carbonyl (C=O) groups is 1. The second-order valence-corrected chi connectivity index (χ2v) is 9.13. The van der Waals surface area contributed by atoms with Crippen LogP contribution >= 0.6 is 0 Å². The van der Waals surface area contributed by atoms with Crippen molar-refractivity contribution < 1.29 is 27.4 Å². The Labute approximate surface area is 177 Å². The smallest absolute Gasteiger partial charge is 0.221 e. The minimum absolute atomic E-state index is 0.124. The van der Waals surface area contributed by atoms with E-state index < -0.39 is 9.84 Å². The molecule has 8 heteroatoms. The summed E-state index contributed by atoms with van der Waals surface area (Å²) < 4.78 is 41.8. The molecule has 7 nitrogen and oxygen atoms in total. The zero-order valence-corrected chi connectivity index (χ0v) is 18.0. The Morgan fingerprint density at radius 2 is 1.80 bits per heavy atom. The Balaban J connectivity index is 1.57. The van der Waals surface area contributed by atoms with Gasteiger partial charge in [0.25, 0.3) is 0 Å². The number of hydrogen-bond donors (Lipinski definition) is 1. The van der Waals surface area contributed by atoms with E-state index in [9.17, 15) is 13.2 Å². The second-order valence-electron chi connectivity index (χ2n) is 7.02. The van der Waals surface area contributed by atoms with E-state index in [2.05, 4.69) is 5.32 Å². The number of nitrogens with one attached hydrogen (secondary N) is 1. The van der Waals surface area contributed by atoms with Crippen molar-refractivity contribution >= 4 is 15.7 Å². The lowest BCUT2D eigenvalue weighted by Gasteiger charge is -2.15. The Morgan fingerprint density at radius 1 is 1.10 bits per heavy atom. The van der Waals surface area contributed by atoms with Gasteiger partial charge in [0.15, 0.2) is 21.3 Å². The molecule has 1 aliphatic heterocycles. The summed E-state index contributed by atoms with van der Waals surface area (Å²) in [7, 11) is -3.63. The minimum Gasteiger partial charge on any atom is -0.494 e. The molecule has 30 heavy (non-hydrogen) atoms. The van der Waals surface area contributed by atoms with Gasteiger partial charge in [-0.05, 0) is 43.7 Å². The molecule has 1 heterocycles. The molecular formula is C22H27NO6S. The Morgan fingerprint density at radius 3 is 2.50 bits per heavy atom. The number of ether oxygens (including phenoxy) is 3. The molecular weight excluding hydrogens is 406 g/mol. The van der Waals surface area contributed by atoms with E-state index in [1.165, 1.54) is 12.1 Å². The van der Waals surface area contributed by atoms with E-state index in [-0.39, 0.29) is 29.0 Å². The molecule has 1 N–H and O–H groups in total. The topological polar surface area (TPSA) is 90.9 Å². The fourth-order valence-corrected chi connectivity index (χ4v) is 4.35. The highest BCUT2D eigenvalue weighted by Crippen LogP contribution is 2.32. The summed E-state index contributed by atoms with van der Waals surface area (Å²) in [4.78, 5) is 12.4. The molecule has 0 aromatic heterocycles. The van der Waals surface area contributed by atoms with Crippen molar-refractivity contribution in [2.75, 3.05) is 25.6 Å². The van der Waals surface area contributed by atoms with Crippen LogP contribution in [0.25, 0.3) is 0 Å². The molecule has 0 saturated carbocycles. The van der Waals surface area contributed by atoms with Gasteiger partial charge in [-0.1, -0.05) is 12.1 Å². The number of rotatable bonds is 8. The zero-order chi connectivity index (χ0) is 21.6. The zero-order valence-electron chi connectivity index (χ0n) is 17.2. The van der Waals surface area contributed by atoms with Gasteiger partial charge in [0.2, 0.25) is 5.91 Å². The number of benzene rings is 2. The molecule has 2 aromatic carbocycles. The number of carbonyl (C=O) groups excluding carboxylic acids is 1. The Bertz CT molecular complexity index is 972. The molecule has 0 saturated heterocycles. The van der Waals surface area contributed by atoms with Crippen LogP contribution in [-0.4, -0.2) is 39.9 Å². The maximum Gasteiger partial charge on any atom is 0.221 e. The molecule has 0 fully saturated rings. The van der Waals surface area contributed by atoms with E-state index >= 15 is 0 Å².